The molecular formula is C14H16ClNO3. The van der Waals surface area contributed by atoms with E-state index in [0.29, 0.717) is 18.5 Å². The van der Waals surface area contributed by atoms with Gasteiger partial charge in [-0.2, -0.15) is 0 Å². The standard InChI is InChI=1S/C14H16ClNO3/c1-9(17)7-11-3-2-6-16(11)14(19)10-4-5-13(18)12(15)8-10/h4-5,8,11,18H,2-3,6-7H2,1H3. The average molecular weight is 282 g/mol. The zero-order valence-electron chi connectivity index (χ0n) is 10.7. The van der Waals surface area contributed by atoms with Gasteiger partial charge in [0.2, 0.25) is 0 Å². The summed E-state index contributed by atoms with van der Waals surface area (Å²) in [4.78, 5) is 25.3. The number of ketones is 1. The molecule has 1 saturated heterocycles. The van der Waals surface area contributed by atoms with Crippen LogP contribution in [0.1, 0.15) is 36.5 Å². The van der Waals surface area contributed by atoms with Gasteiger partial charge in [-0.25, -0.2) is 0 Å². The molecule has 0 spiro atoms. The van der Waals surface area contributed by atoms with Crippen LogP contribution in [-0.4, -0.2) is 34.3 Å². The summed E-state index contributed by atoms with van der Waals surface area (Å²) >= 11 is 5.81. The van der Waals surface area contributed by atoms with Crippen LogP contribution in [0.25, 0.3) is 0 Å². The van der Waals surface area contributed by atoms with Crippen LogP contribution in [0.4, 0.5) is 0 Å². The van der Waals surface area contributed by atoms with Crippen molar-refractivity contribution in [2.45, 2.75) is 32.2 Å². The van der Waals surface area contributed by atoms with Gasteiger partial charge < -0.3 is 10.0 Å². The SMILES string of the molecule is CC(=O)CC1CCCN1C(=O)c1ccc(O)c(Cl)c1. The topological polar surface area (TPSA) is 57.6 Å². The second-order valence-corrected chi connectivity index (χ2v) is 5.27. The monoisotopic (exact) mass is 281 g/mol. The number of likely N-dealkylation sites (tertiary alicyclic amines) is 1. The number of aromatic hydroxyl groups is 1. The van der Waals surface area contributed by atoms with Crippen molar-refractivity contribution in [3.05, 3.63) is 28.8 Å². The number of nitrogens with zero attached hydrogens (tertiary/aromatic N) is 1. The van der Waals surface area contributed by atoms with E-state index in [1.165, 1.54) is 12.1 Å². The lowest BCUT2D eigenvalue weighted by Gasteiger charge is -2.24. The minimum absolute atomic E-state index is 0.0161. The molecule has 1 amide bonds. The summed E-state index contributed by atoms with van der Waals surface area (Å²) in [5.74, 6) is -0.0842. The summed E-state index contributed by atoms with van der Waals surface area (Å²) < 4.78 is 0. The van der Waals surface area contributed by atoms with E-state index in [9.17, 15) is 14.7 Å². The van der Waals surface area contributed by atoms with Crippen molar-refractivity contribution in [1.29, 1.82) is 0 Å². The Bertz CT molecular complexity index is 515. The van der Waals surface area contributed by atoms with Crippen molar-refractivity contribution in [1.82, 2.24) is 4.90 Å². The summed E-state index contributed by atoms with van der Waals surface area (Å²) in [6, 6.07) is 4.40. The molecule has 1 atom stereocenters. The van der Waals surface area contributed by atoms with E-state index in [2.05, 4.69) is 0 Å². The van der Waals surface area contributed by atoms with Crippen molar-refractivity contribution in [2.24, 2.45) is 0 Å². The lowest BCUT2D eigenvalue weighted by Crippen LogP contribution is -2.36. The maximum atomic E-state index is 12.4. The third-order valence-electron chi connectivity index (χ3n) is 3.36. The Hall–Kier alpha value is -1.55. The zero-order valence-corrected chi connectivity index (χ0v) is 11.5. The fraction of sp³-hybridized carbons (Fsp3) is 0.429. The highest BCUT2D eigenvalue weighted by molar-refractivity contribution is 6.32. The number of carbonyl (C=O) groups excluding carboxylic acids is 2. The Balaban J connectivity index is 2.18. The highest BCUT2D eigenvalue weighted by Crippen LogP contribution is 2.27. The van der Waals surface area contributed by atoms with Crippen molar-refractivity contribution >= 4 is 23.3 Å². The van der Waals surface area contributed by atoms with Crippen LogP contribution in [0.15, 0.2) is 18.2 Å². The number of phenolic OH excluding ortho intramolecular Hbond substituents is 1. The molecule has 2 rings (SSSR count). The lowest BCUT2D eigenvalue weighted by atomic mass is 10.1. The molecule has 0 saturated carbocycles. The molecule has 1 heterocycles. The summed E-state index contributed by atoms with van der Waals surface area (Å²) in [6.45, 7) is 2.20. The second kappa shape index (κ2) is 5.61. The third-order valence-corrected chi connectivity index (χ3v) is 3.66. The molecule has 1 aliphatic rings. The van der Waals surface area contributed by atoms with Crippen LogP contribution in [-0.2, 0) is 4.79 Å². The number of benzene rings is 1. The maximum Gasteiger partial charge on any atom is 0.254 e. The summed E-state index contributed by atoms with van der Waals surface area (Å²) in [6.07, 6.45) is 2.17. The van der Waals surface area contributed by atoms with Crippen molar-refractivity contribution in [2.75, 3.05) is 6.54 Å². The molecule has 1 aromatic rings. The minimum Gasteiger partial charge on any atom is -0.506 e. The van der Waals surface area contributed by atoms with Crippen molar-refractivity contribution in [3.63, 3.8) is 0 Å². The first-order valence-corrected chi connectivity index (χ1v) is 6.65. The van der Waals surface area contributed by atoms with Gasteiger partial charge in [-0.3, -0.25) is 9.59 Å². The van der Waals surface area contributed by atoms with E-state index < -0.39 is 0 Å². The van der Waals surface area contributed by atoms with Crippen molar-refractivity contribution < 1.29 is 14.7 Å². The van der Waals surface area contributed by atoms with Crippen LogP contribution in [0.3, 0.4) is 0 Å². The molecule has 0 aromatic heterocycles. The molecule has 1 unspecified atom stereocenters. The predicted molar refractivity (Wildman–Crippen MR) is 72.5 cm³/mol. The maximum absolute atomic E-state index is 12.4. The van der Waals surface area contributed by atoms with Crippen LogP contribution in [0.5, 0.6) is 5.75 Å². The van der Waals surface area contributed by atoms with Gasteiger partial charge >= 0.3 is 0 Å². The highest BCUT2D eigenvalue weighted by atomic mass is 35.5. The first-order valence-electron chi connectivity index (χ1n) is 6.28. The van der Waals surface area contributed by atoms with Crippen LogP contribution >= 0.6 is 11.6 Å². The molecule has 1 N–H and O–H groups in total. The molecule has 0 bridgehead atoms. The predicted octanol–water partition coefficient (Wildman–Crippen LogP) is 2.63. The Morgan fingerprint density at radius 2 is 2.21 bits per heavy atom. The van der Waals surface area contributed by atoms with Gasteiger partial charge in [0, 0.05) is 24.6 Å². The fourth-order valence-corrected chi connectivity index (χ4v) is 2.63. The summed E-state index contributed by atoms with van der Waals surface area (Å²) in [5, 5.41) is 9.52. The van der Waals surface area contributed by atoms with Gasteiger partial charge in [-0.1, -0.05) is 11.6 Å². The Morgan fingerprint density at radius 1 is 1.47 bits per heavy atom. The van der Waals surface area contributed by atoms with E-state index in [1.54, 1.807) is 17.9 Å². The average Bonchev–Trinajstić information content (AvgIpc) is 2.79. The fourth-order valence-electron chi connectivity index (χ4n) is 2.45. The van der Waals surface area contributed by atoms with E-state index in [4.69, 9.17) is 11.6 Å². The van der Waals surface area contributed by atoms with Crippen LogP contribution in [0, 0.1) is 0 Å². The third kappa shape index (κ3) is 3.07. The number of amides is 1. The van der Waals surface area contributed by atoms with Crippen LogP contribution in [0.2, 0.25) is 5.02 Å². The normalized spacial score (nSPS) is 18.6. The first kappa shape index (κ1) is 13.9. The van der Waals surface area contributed by atoms with Gasteiger partial charge in [0.05, 0.1) is 5.02 Å². The first-order chi connectivity index (χ1) is 8.99. The number of Topliss-reactive ketones (excluding diaryl/α,β-unsaturated/α-hetero) is 1. The van der Waals surface area contributed by atoms with E-state index in [1.807, 2.05) is 0 Å². The molecule has 0 radical (unpaired) electrons. The number of carbonyl (C=O) groups is 2. The van der Waals surface area contributed by atoms with Gasteiger partial charge in [0.1, 0.15) is 11.5 Å². The lowest BCUT2D eigenvalue weighted by molar-refractivity contribution is -0.117. The van der Waals surface area contributed by atoms with Gasteiger partial charge in [0.15, 0.2) is 0 Å². The molecule has 4 nitrogen and oxygen atoms in total. The van der Waals surface area contributed by atoms with Gasteiger partial charge in [-0.15, -0.1) is 0 Å². The Morgan fingerprint density at radius 3 is 2.84 bits per heavy atom. The molecule has 0 aliphatic carbocycles. The van der Waals surface area contributed by atoms with Crippen LogP contribution < -0.4 is 0 Å². The zero-order chi connectivity index (χ0) is 14.0. The van der Waals surface area contributed by atoms with Crippen molar-refractivity contribution in [3.8, 4) is 5.75 Å². The molecule has 1 aliphatic heterocycles. The number of hydrogen-bond acceptors (Lipinski definition) is 3. The smallest absolute Gasteiger partial charge is 0.254 e. The molecular weight excluding hydrogens is 266 g/mol. The number of rotatable bonds is 3. The summed E-state index contributed by atoms with van der Waals surface area (Å²) in [7, 11) is 0. The molecule has 5 heteroatoms. The molecule has 19 heavy (non-hydrogen) atoms. The molecule has 102 valence electrons. The van der Waals surface area contributed by atoms with E-state index >= 15 is 0 Å². The van der Waals surface area contributed by atoms with E-state index in [-0.39, 0.29) is 28.5 Å². The minimum atomic E-state index is -0.134. The highest BCUT2D eigenvalue weighted by Gasteiger charge is 2.30. The summed E-state index contributed by atoms with van der Waals surface area (Å²) in [5.41, 5.74) is 0.443. The van der Waals surface area contributed by atoms with Gasteiger partial charge in [-0.05, 0) is 38.0 Å². The number of phenols is 1. The Kier molecular flexibility index (Phi) is 4.10. The number of halogens is 1. The largest absolute Gasteiger partial charge is 0.506 e. The van der Waals surface area contributed by atoms with E-state index in [0.717, 1.165) is 12.8 Å². The Labute approximate surface area is 117 Å². The molecule has 1 aromatic carbocycles. The van der Waals surface area contributed by atoms with Gasteiger partial charge in [0.25, 0.3) is 5.91 Å². The second-order valence-electron chi connectivity index (χ2n) is 4.87. The molecule has 1 fully saturated rings. The number of hydrogen-bond donors (Lipinski definition) is 1. The quantitative estimate of drug-likeness (QED) is 0.926.